The van der Waals surface area contributed by atoms with Gasteiger partial charge in [-0.1, -0.05) is 11.8 Å². The van der Waals surface area contributed by atoms with E-state index in [9.17, 15) is 8.42 Å². The summed E-state index contributed by atoms with van der Waals surface area (Å²) in [6, 6.07) is 6.36. The molecule has 3 N–H and O–H groups in total. The van der Waals surface area contributed by atoms with E-state index in [1.54, 1.807) is 12.1 Å². The molecule has 0 amide bonds. The largest absolute Gasteiger partial charge is 0.320 e. The van der Waals surface area contributed by atoms with E-state index in [4.69, 9.17) is 5.73 Å². The topological polar surface area (TPSA) is 85.1 Å². The lowest BCUT2D eigenvalue weighted by molar-refractivity contribution is 0.580. The van der Waals surface area contributed by atoms with Crippen LogP contribution >= 0.6 is 11.3 Å². The standard InChI is InChI=1S/C14H15N3O2S2/c1-11-17-13(10-20-11)9-16-21(18,19)14-6-4-12(5-7-14)3-2-8-15/h4-7,10,16H,8-9,15H2,1H3. The number of nitrogens with two attached hydrogens (primary N) is 1. The zero-order chi connectivity index (χ0) is 15.3. The highest BCUT2D eigenvalue weighted by Gasteiger charge is 2.13. The molecule has 0 fully saturated rings. The highest BCUT2D eigenvalue weighted by atomic mass is 32.2. The van der Waals surface area contributed by atoms with Crippen LogP contribution in [0.15, 0.2) is 34.5 Å². The number of hydrogen-bond donors (Lipinski definition) is 2. The third-order valence-electron chi connectivity index (χ3n) is 2.61. The summed E-state index contributed by atoms with van der Waals surface area (Å²) in [6.45, 7) is 2.33. The molecule has 1 aromatic heterocycles. The van der Waals surface area contributed by atoms with E-state index in [0.717, 1.165) is 10.6 Å². The molecule has 110 valence electrons. The first-order valence-corrected chi connectivity index (χ1v) is 8.57. The van der Waals surface area contributed by atoms with Gasteiger partial charge in [0.25, 0.3) is 0 Å². The van der Waals surface area contributed by atoms with Gasteiger partial charge in [-0.2, -0.15) is 0 Å². The van der Waals surface area contributed by atoms with Crippen molar-refractivity contribution in [2.75, 3.05) is 6.54 Å². The van der Waals surface area contributed by atoms with Crippen LogP contribution in [-0.2, 0) is 16.6 Å². The van der Waals surface area contributed by atoms with Crippen LogP contribution in [-0.4, -0.2) is 19.9 Å². The summed E-state index contributed by atoms with van der Waals surface area (Å²) in [5.41, 5.74) is 6.73. The minimum Gasteiger partial charge on any atom is -0.320 e. The summed E-state index contributed by atoms with van der Waals surface area (Å²) < 4.78 is 26.8. The van der Waals surface area contributed by atoms with Crippen molar-refractivity contribution < 1.29 is 8.42 Å². The molecule has 0 radical (unpaired) electrons. The van der Waals surface area contributed by atoms with Gasteiger partial charge in [-0.05, 0) is 31.2 Å². The molecule has 1 heterocycles. The molecule has 0 saturated carbocycles. The fraction of sp³-hybridized carbons (Fsp3) is 0.214. The van der Waals surface area contributed by atoms with E-state index in [0.29, 0.717) is 5.69 Å². The van der Waals surface area contributed by atoms with Crippen molar-refractivity contribution in [3.05, 3.63) is 45.9 Å². The van der Waals surface area contributed by atoms with Gasteiger partial charge in [0, 0.05) is 10.9 Å². The van der Waals surface area contributed by atoms with Gasteiger partial charge in [0.05, 0.1) is 28.7 Å². The molecule has 0 saturated heterocycles. The van der Waals surface area contributed by atoms with E-state index in [2.05, 4.69) is 21.5 Å². The molecule has 0 unspecified atom stereocenters. The second kappa shape index (κ2) is 6.83. The Morgan fingerprint density at radius 2 is 2.05 bits per heavy atom. The minimum absolute atomic E-state index is 0.182. The van der Waals surface area contributed by atoms with Gasteiger partial charge < -0.3 is 5.73 Å². The Morgan fingerprint density at radius 1 is 1.33 bits per heavy atom. The monoisotopic (exact) mass is 321 g/mol. The van der Waals surface area contributed by atoms with Crippen LogP contribution in [0.4, 0.5) is 0 Å². The van der Waals surface area contributed by atoms with Crippen LogP contribution in [0.3, 0.4) is 0 Å². The number of nitrogens with one attached hydrogen (secondary N) is 1. The first kappa shape index (κ1) is 15.7. The lowest BCUT2D eigenvalue weighted by Crippen LogP contribution is -2.23. The number of aromatic nitrogens is 1. The summed E-state index contributed by atoms with van der Waals surface area (Å²) in [5.74, 6) is 5.56. The number of hydrogen-bond acceptors (Lipinski definition) is 5. The molecule has 0 bridgehead atoms. The Labute approximate surface area is 128 Å². The molecular formula is C14H15N3O2S2. The van der Waals surface area contributed by atoms with Crippen molar-refractivity contribution in [1.29, 1.82) is 0 Å². The van der Waals surface area contributed by atoms with Crippen LogP contribution in [0.5, 0.6) is 0 Å². The quantitative estimate of drug-likeness (QED) is 0.830. The number of thiazole rings is 1. The van der Waals surface area contributed by atoms with Crippen LogP contribution in [0.2, 0.25) is 0 Å². The first-order chi connectivity index (χ1) is 10.0. The van der Waals surface area contributed by atoms with Crippen molar-refractivity contribution in [3.63, 3.8) is 0 Å². The normalized spacial score (nSPS) is 11.0. The van der Waals surface area contributed by atoms with E-state index in [-0.39, 0.29) is 18.0 Å². The van der Waals surface area contributed by atoms with Gasteiger partial charge in [0.15, 0.2) is 0 Å². The Morgan fingerprint density at radius 3 is 2.62 bits per heavy atom. The second-order valence-electron chi connectivity index (χ2n) is 4.21. The molecule has 0 aliphatic carbocycles. The molecule has 1 aromatic carbocycles. The average molecular weight is 321 g/mol. The molecule has 7 heteroatoms. The molecule has 0 spiro atoms. The van der Waals surface area contributed by atoms with Gasteiger partial charge in [0.2, 0.25) is 10.0 Å². The summed E-state index contributed by atoms with van der Waals surface area (Å²) in [5, 5.41) is 2.75. The Kier molecular flexibility index (Phi) is 5.09. The maximum atomic E-state index is 12.1. The molecular weight excluding hydrogens is 306 g/mol. The van der Waals surface area contributed by atoms with Crippen LogP contribution in [0.1, 0.15) is 16.3 Å². The first-order valence-electron chi connectivity index (χ1n) is 6.21. The predicted octanol–water partition coefficient (Wildman–Crippen LogP) is 1.24. The predicted molar refractivity (Wildman–Crippen MR) is 83.3 cm³/mol. The highest BCUT2D eigenvalue weighted by molar-refractivity contribution is 7.89. The SMILES string of the molecule is Cc1nc(CNS(=O)(=O)c2ccc(C#CCN)cc2)cs1. The number of benzene rings is 1. The van der Waals surface area contributed by atoms with Crippen molar-refractivity contribution >= 4 is 21.4 Å². The lowest BCUT2D eigenvalue weighted by Gasteiger charge is -2.05. The fourth-order valence-corrected chi connectivity index (χ4v) is 3.22. The lowest BCUT2D eigenvalue weighted by atomic mass is 10.2. The van der Waals surface area contributed by atoms with Gasteiger partial charge in [-0.25, -0.2) is 18.1 Å². The summed E-state index contributed by atoms with van der Waals surface area (Å²) in [4.78, 5) is 4.42. The average Bonchev–Trinajstić information content (AvgIpc) is 2.89. The van der Waals surface area contributed by atoms with Gasteiger partial charge in [0.1, 0.15) is 0 Å². The van der Waals surface area contributed by atoms with Crippen LogP contribution in [0, 0.1) is 18.8 Å². The van der Waals surface area contributed by atoms with E-state index in [1.807, 2.05) is 12.3 Å². The maximum Gasteiger partial charge on any atom is 0.240 e. The minimum atomic E-state index is -3.54. The molecule has 0 aliphatic heterocycles. The molecule has 2 rings (SSSR count). The van der Waals surface area contributed by atoms with E-state index >= 15 is 0 Å². The zero-order valence-corrected chi connectivity index (χ0v) is 13.1. The summed E-state index contributed by atoms with van der Waals surface area (Å²) in [7, 11) is -3.54. The van der Waals surface area contributed by atoms with Crippen molar-refractivity contribution in [2.24, 2.45) is 5.73 Å². The van der Waals surface area contributed by atoms with Crippen LogP contribution < -0.4 is 10.5 Å². The van der Waals surface area contributed by atoms with Crippen molar-refractivity contribution in [2.45, 2.75) is 18.4 Å². The maximum absolute atomic E-state index is 12.1. The number of nitrogens with zero attached hydrogens (tertiary/aromatic N) is 1. The molecule has 21 heavy (non-hydrogen) atoms. The summed E-state index contributed by atoms with van der Waals surface area (Å²) >= 11 is 1.49. The van der Waals surface area contributed by atoms with E-state index in [1.165, 1.54) is 23.5 Å². The molecule has 0 aliphatic rings. The fourth-order valence-electron chi connectivity index (χ4n) is 1.61. The van der Waals surface area contributed by atoms with Crippen LogP contribution in [0.25, 0.3) is 0 Å². The molecule has 2 aromatic rings. The van der Waals surface area contributed by atoms with Crippen molar-refractivity contribution in [1.82, 2.24) is 9.71 Å². The van der Waals surface area contributed by atoms with Gasteiger partial charge >= 0.3 is 0 Å². The third kappa shape index (κ3) is 4.37. The summed E-state index contributed by atoms with van der Waals surface area (Å²) in [6.07, 6.45) is 0. The number of aryl methyl sites for hydroxylation is 1. The van der Waals surface area contributed by atoms with Gasteiger partial charge in [-0.15, -0.1) is 11.3 Å². The third-order valence-corrected chi connectivity index (χ3v) is 4.85. The van der Waals surface area contributed by atoms with E-state index < -0.39 is 10.0 Å². The number of rotatable bonds is 4. The zero-order valence-electron chi connectivity index (χ0n) is 11.5. The highest BCUT2D eigenvalue weighted by Crippen LogP contribution is 2.12. The second-order valence-corrected chi connectivity index (χ2v) is 7.04. The molecule has 5 nitrogen and oxygen atoms in total. The van der Waals surface area contributed by atoms with Crippen molar-refractivity contribution in [3.8, 4) is 11.8 Å². The smallest absolute Gasteiger partial charge is 0.240 e. The Bertz CT molecular complexity index is 769. The Hall–Kier alpha value is -1.72. The Balaban J connectivity index is 2.08. The molecule has 0 atom stereocenters. The number of sulfonamides is 1. The van der Waals surface area contributed by atoms with Gasteiger partial charge in [-0.3, -0.25) is 0 Å².